The van der Waals surface area contributed by atoms with E-state index >= 15 is 0 Å². The lowest BCUT2D eigenvalue weighted by Crippen LogP contribution is -2.31. The van der Waals surface area contributed by atoms with Gasteiger partial charge in [-0.05, 0) is 17.9 Å². The molecule has 1 aliphatic heterocycles. The van der Waals surface area contributed by atoms with Gasteiger partial charge < -0.3 is 15.4 Å². The lowest BCUT2D eigenvalue weighted by Gasteiger charge is -2.15. The molecule has 0 saturated carbocycles. The fourth-order valence-corrected chi connectivity index (χ4v) is 2.55. The van der Waals surface area contributed by atoms with Gasteiger partial charge in [0.05, 0.1) is 7.11 Å². The summed E-state index contributed by atoms with van der Waals surface area (Å²) >= 11 is 1.41. The Kier molecular flexibility index (Phi) is 4.58. The monoisotopic (exact) mass is 262 g/mol. The van der Waals surface area contributed by atoms with Crippen molar-refractivity contribution in [1.82, 2.24) is 4.90 Å². The molecular formula is C10H15ClN2O2S. The number of nitrogens with two attached hydrogens (primary N) is 1. The zero-order chi connectivity index (χ0) is 10.8. The summed E-state index contributed by atoms with van der Waals surface area (Å²) in [5.41, 5.74) is 5.77. The second-order valence-electron chi connectivity index (χ2n) is 3.62. The Bertz CT molecular complexity index is 369. The molecule has 1 saturated heterocycles. The van der Waals surface area contributed by atoms with Crippen molar-refractivity contribution < 1.29 is 9.53 Å². The van der Waals surface area contributed by atoms with Gasteiger partial charge in [0.1, 0.15) is 10.6 Å². The molecule has 1 aromatic rings. The van der Waals surface area contributed by atoms with E-state index in [0.717, 1.165) is 13.0 Å². The average molecular weight is 263 g/mol. The highest BCUT2D eigenvalue weighted by Gasteiger charge is 2.27. The minimum absolute atomic E-state index is 0. The molecule has 1 aliphatic rings. The summed E-state index contributed by atoms with van der Waals surface area (Å²) in [5, 5.41) is 1.86. The van der Waals surface area contributed by atoms with Crippen molar-refractivity contribution in [3.8, 4) is 5.75 Å². The highest BCUT2D eigenvalue weighted by molar-refractivity contribution is 7.12. The Hall–Kier alpha value is -0.780. The molecule has 0 aliphatic carbocycles. The van der Waals surface area contributed by atoms with Crippen molar-refractivity contribution in [2.75, 3.05) is 20.2 Å². The third kappa shape index (κ3) is 2.48. The van der Waals surface area contributed by atoms with Crippen LogP contribution < -0.4 is 10.5 Å². The minimum atomic E-state index is 0. The molecule has 16 heavy (non-hydrogen) atoms. The van der Waals surface area contributed by atoms with Crippen LogP contribution in [-0.2, 0) is 0 Å². The molecule has 0 radical (unpaired) electrons. The van der Waals surface area contributed by atoms with Crippen LogP contribution in [0.2, 0.25) is 0 Å². The molecule has 0 bridgehead atoms. The van der Waals surface area contributed by atoms with E-state index in [0.29, 0.717) is 17.2 Å². The summed E-state index contributed by atoms with van der Waals surface area (Å²) < 4.78 is 5.12. The Morgan fingerprint density at radius 1 is 1.69 bits per heavy atom. The summed E-state index contributed by atoms with van der Waals surface area (Å²) in [6.07, 6.45) is 0.888. The van der Waals surface area contributed by atoms with Gasteiger partial charge in [0.15, 0.2) is 0 Å². The summed E-state index contributed by atoms with van der Waals surface area (Å²) in [7, 11) is 1.58. The molecule has 0 aromatic carbocycles. The molecule has 0 spiro atoms. The summed E-state index contributed by atoms with van der Waals surface area (Å²) in [5.74, 6) is 0.695. The largest absolute Gasteiger partial charge is 0.495 e. The van der Waals surface area contributed by atoms with Gasteiger partial charge in [0, 0.05) is 19.1 Å². The number of likely N-dealkylation sites (tertiary alicyclic amines) is 1. The van der Waals surface area contributed by atoms with Crippen molar-refractivity contribution in [2.24, 2.45) is 5.73 Å². The van der Waals surface area contributed by atoms with Crippen LogP contribution >= 0.6 is 23.7 Å². The number of amides is 1. The number of nitrogens with zero attached hydrogens (tertiary/aromatic N) is 1. The molecule has 2 rings (SSSR count). The van der Waals surface area contributed by atoms with Crippen LogP contribution in [-0.4, -0.2) is 37.0 Å². The number of thiophene rings is 1. The molecule has 2 heterocycles. The van der Waals surface area contributed by atoms with E-state index in [9.17, 15) is 4.79 Å². The number of hydrogen-bond donors (Lipinski definition) is 1. The fraction of sp³-hybridized carbons (Fsp3) is 0.500. The lowest BCUT2D eigenvalue weighted by molar-refractivity contribution is 0.0792. The van der Waals surface area contributed by atoms with Crippen molar-refractivity contribution in [1.29, 1.82) is 0 Å². The van der Waals surface area contributed by atoms with Crippen molar-refractivity contribution in [3.05, 3.63) is 16.3 Å². The Morgan fingerprint density at radius 3 is 3.00 bits per heavy atom. The van der Waals surface area contributed by atoms with Crippen LogP contribution in [0.4, 0.5) is 0 Å². The first-order chi connectivity index (χ1) is 7.22. The molecule has 4 nitrogen and oxygen atoms in total. The number of carbonyl (C=O) groups is 1. The second-order valence-corrected chi connectivity index (χ2v) is 4.53. The van der Waals surface area contributed by atoms with Crippen molar-refractivity contribution in [2.45, 2.75) is 12.5 Å². The first kappa shape index (κ1) is 13.3. The van der Waals surface area contributed by atoms with E-state index in [1.165, 1.54) is 11.3 Å². The van der Waals surface area contributed by atoms with Crippen LogP contribution in [0.5, 0.6) is 5.75 Å². The fourth-order valence-electron chi connectivity index (χ4n) is 1.73. The third-order valence-corrected chi connectivity index (χ3v) is 3.44. The topological polar surface area (TPSA) is 55.6 Å². The zero-order valence-electron chi connectivity index (χ0n) is 9.01. The first-order valence-corrected chi connectivity index (χ1v) is 5.76. The maximum Gasteiger partial charge on any atom is 0.267 e. The predicted octanol–water partition coefficient (Wildman–Crippen LogP) is 1.35. The number of methoxy groups -OCH3 is 1. The molecule has 6 heteroatoms. The van der Waals surface area contributed by atoms with E-state index in [1.807, 2.05) is 11.4 Å². The van der Waals surface area contributed by atoms with E-state index in [4.69, 9.17) is 10.5 Å². The van der Waals surface area contributed by atoms with E-state index in [1.54, 1.807) is 12.0 Å². The molecule has 90 valence electrons. The lowest BCUT2D eigenvalue weighted by atomic mass is 10.3. The Labute approximate surface area is 105 Å². The molecule has 1 atom stereocenters. The third-order valence-electron chi connectivity index (χ3n) is 2.56. The van der Waals surface area contributed by atoms with Gasteiger partial charge in [-0.3, -0.25) is 4.79 Å². The molecule has 2 N–H and O–H groups in total. The first-order valence-electron chi connectivity index (χ1n) is 4.88. The van der Waals surface area contributed by atoms with Gasteiger partial charge in [0.25, 0.3) is 5.91 Å². The van der Waals surface area contributed by atoms with E-state index < -0.39 is 0 Å². The molecule has 1 aromatic heterocycles. The van der Waals surface area contributed by atoms with E-state index in [2.05, 4.69) is 0 Å². The van der Waals surface area contributed by atoms with Gasteiger partial charge >= 0.3 is 0 Å². The van der Waals surface area contributed by atoms with Crippen LogP contribution in [0, 0.1) is 0 Å². The van der Waals surface area contributed by atoms with Crippen molar-refractivity contribution in [3.63, 3.8) is 0 Å². The maximum absolute atomic E-state index is 12.0. The number of rotatable bonds is 2. The molecule has 0 unspecified atom stereocenters. The minimum Gasteiger partial charge on any atom is -0.495 e. The van der Waals surface area contributed by atoms with Gasteiger partial charge in [0.2, 0.25) is 0 Å². The predicted molar refractivity (Wildman–Crippen MR) is 66.6 cm³/mol. The van der Waals surface area contributed by atoms with Crippen LogP contribution in [0.1, 0.15) is 16.1 Å². The van der Waals surface area contributed by atoms with E-state index in [-0.39, 0.29) is 24.4 Å². The quantitative estimate of drug-likeness (QED) is 0.875. The van der Waals surface area contributed by atoms with Crippen molar-refractivity contribution >= 4 is 29.7 Å². The average Bonchev–Trinajstić information content (AvgIpc) is 2.84. The Balaban J connectivity index is 0.00000128. The standard InChI is InChI=1S/C10H14N2O2S.ClH/c1-14-8-3-5-15-9(8)10(13)12-4-2-7(11)6-12;/h3,5,7H,2,4,6,11H2,1H3;1H/t7-;/m1./s1. The number of halogens is 1. The number of carbonyl (C=O) groups excluding carboxylic acids is 1. The maximum atomic E-state index is 12.0. The SMILES string of the molecule is COc1ccsc1C(=O)N1CC[C@@H](N)C1.Cl. The molecule has 1 fully saturated rings. The van der Waals surface area contributed by atoms with Crippen LogP contribution in [0.25, 0.3) is 0 Å². The molecular weight excluding hydrogens is 248 g/mol. The summed E-state index contributed by atoms with van der Waals surface area (Å²) in [6, 6.07) is 1.94. The smallest absolute Gasteiger partial charge is 0.267 e. The van der Waals surface area contributed by atoms with Crippen LogP contribution in [0.3, 0.4) is 0 Å². The van der Waals surface area contributed by atoms with Gasteiger partial charge in [-0.2, -0.15) is 0 Å². The highest BCUT2D eigenvalue weighted by atomic mass is 35.5. The summed E-state index contributed by atoms with van der Waals surface area (Å²) in [4.78, 5) is 14.5. The van der Waals surface area contributed by atoms with Gasteiger partial charge in [-0.15, -0.1) is 23.7 Å². The number of ether oxygens (including phenoxy) is 1. The van der Waals surface area contributed by atoms with Gasteiger partial charge in [-0.1, -0.05) is 0 Å². The summed E-state index contributed by atoms with van der Waals surface area (Å²) in [6.45, 7) is 1.40. The zero-order valence-corrected chi connectivity index (χ0v) is 10.6. The number of hydrogen-bond acceptors (Lipinski definition) is 4. The normalized spacial score (nSPS) is 19.4. The highest BCUT2D eigenvalue weighted by Crippen LogP contribution is 2.26. The van der Waals surface area contributed by atoms with Gasteiger partial charge in [-0.25, -0.2) is 0 Å². The Morgan fingerprint density at radius 2 is 2.44 bits per heavy atom. The molecule has 1 amide bonds. The van der Waals surface area contributed by atoms with Crippen LogP contribution in [0.15, 0.2) is 11.4 Å². The second kappa shape index (κ2) is 5.52.